The van der Waals surface area contributed by atoms with Crippen LogP contribution >= 0.6 is 0 Å². The van der Waals surface area contributed by atoms with Crippen LogP contribution in [0.3, 0.4) is 0 Å². The fourth-order valence-corrected chi connectivity index (χ4v) is 0.870. The molecule has 3 nitrogen and oxygen atoms in total. The topological polar surface area (TPSA) is 38.3 Å². The van der Waals surface area contributed by atoms with Crippen molar-refractivity contribution >= 4 is 6.09 Å². The molecule has 0 bridgehead atoms. The molecule has 1 atom stereocenters. The summed E-state index contributed by atoms with van der Waals surface area (Å²) in [6.45, 7) is 4.56. The summed E-state index contributed by atoms with van der Waals surface area (Å²) in [6, 6.07) is 0. The summed E-state index contributed by atoms with van der Waals surface area (Å²) in [5.74, 6) is 5.77. The Bertz CT molecular complexity index is 283. The Morgan fingerprint density at radius 1 is 1.77 bits per heavy atom. The minimum Gasteiger partial charge on any atom is -0.449 e. The van der Waals surface area contributed by atoms with E-state index >= 15 is 0 Å². The van der Waals surface area contributed by atoms with Crippen molar-refractivity contribution in [3.63, 3.8) is 0 Å². The highest BCUT2D eigenvalue weighted by atomic mass is 16.5. The van der Waals surface area contributed by atoms with Gasteiger partial charge in [-0.15, -0.1) is 5.92 Å². The Hall–Kier alpha value is -1.43. The quantitative estimate of drug-likeness (QED) is 0.524. The fraction of sp³-hybridized carbons (Fsp3) is 0.500. The van der Waals surface area contributed by atoms with Gasteiger partial charge in [-0.1, -0.05) is 17.6 Å². The van der Waals surface area contributed by atoms with Gasteiger partial charge in [0.25, 0.3) is 0 Å². The van der Waals surface area contributed by atoms with Crippen LogP contribution < -0.4 is 5.32 Å². The van der Waals surface area contributed by atoms with Gasteiger partial charge >= 0.3 is 6.09 Å². The molecule has 0 saturated carbocycles. The zero-order valence-corrected chi connectivity index (χ0v) is 7.89. The number of hydrogen-bond acceptors (Lipinski definition) is 2. The lowest BCUT2D eigenvalue weighted by Gasteiger charge is -2.03. The maximum absolute atomic E-state index is 10.9. The largest absolute Gasteiger partial charge is 0.449 e. The molecule has 1 N–H and O–H groups in total. The van der Waals surface area contributed by atoms with Crippen LogP contribution in [0, 0.1) is 17.8 Å². The minimum atomic E-state index is -0.393. The van der Waals surface area contributed by atoms with Gasteiger partial charge in [-0.05, 0) is 13.8 Å². The molecule has 3 heteroatoms. The summed E-state index contributed by atoms with van der Waals surface area (Å²) in [5.41, 5.74) is 1.29. The van der Waals surface area contributed by atoms with Gasteiger partial charge in [0.1, 0.15) is 6.61 Å². The van der Waals surface area contributed by atoms with Gasteiger partial charge in [-0.2, -0.15) is 0 Å². The zero-order chi connectivity index (χ0) is 9.68. The number of rotatable bonds is 3. The molecule has 0 aromatic heterocycles. The Kier molecular flexibility index (Phi) is 3.39. The molecule has 0 heterocycles. The van der Waals surface area contributed by atoms with Gasteiger partial charge < -0.3 is 10.1 Å². The van der Waals surface area contributed by atoms with Gasteiger partial charge in [0.05, 0.1) is 6.54 Å². The summed E-state index contributed by atoms with van der Waals surface area (Å²) in [4.78, 5) is 10.9. The second kappa shape index (κ2) is 4.56. The molecule has 0 spiro atoms. The molecule has 13 heavy (non-hydrogen) atoms. The standard InChI is InChI=1S/C10H13NO2/c1-3-4-5-11-10(12)13-7-9-6-8(9)2/h6,9H,5,7H2,1-2H3,(H,11,12). The van der Waals surface area contributed by atoms with Gasteiger partial charge in [-0.25, -0.2) is 4.79 Å². The molecule has 1 rings (SSSR count). The van der Waals surface area contributed by atoms with Crippen molar-refractivity contribution in [1.82, 2.24) is 5.32 Å². The van der Waals surface area contributed by atoms with E-state index in [-0.39, 0.29) is 0 Å². The van der Waals surface area contributed by atoms with Crippen LogP contribution in [-0.2, 0) is 4.74 Å². The van der Waals surface area contributed by atoms with E-state index in [1.165, 1.54) is 5.57 Å². The van der Waals surface area contributed by atoms with E-state index in [0.717, 1.165) is 0 Å². The molecule has 1 amide bonds. The van der Waals surface area contributed by atoms with Crippen molar-refractivity contribution in [2.45, 2.75) is 13.8 Å². The lowest BCUT2D eigenvalue weighted by atomic mass is 10.3. The highest BCUT2D eigenvalue weighted by molar-refractivity contribution is 5.67. The van der Waals surface area contributed by atoms with Crippen LogP contribution in [0.1, 0.15) is 13.8 Å². The van der Waals surface area contributed by atoms with Crippen LogP contribution in [0.5, 0.6) is 0 Å². The van der Waals surface area contributed by atoms with Gasteiger partial charge in [0, 0.05) is 5.92 Å². The van der Waals surface area contributed by atoms with E-state index in [0.29, 0.717) is 19.1 Å². The smallest absolute Gasteiger partial charge is 0.407 e. The highest BCUT2D eigenvalue weighted by Gasteiger charge is 2.21. The third kappa shape index (κ3) is 3.66. The maximum Gasteiger partial charge on any atom is 0.407 e. The van der Waals surface area contributed by atoms with Crippen LogP contribution in [0.15, 0.2) is 11.6 Å². The molecule has 1 aliphatic carbocycles. The number of hydrogen-bond donors (Lipinski definition) is 1. The first-order valence-corrected chi connectivity index (χ1v) is 4.22. The Balaban J connectivity index is 2.00. The predicted molar refractivity (Wildman–Crippen MR) is 50.0 cm³/mol. The summed E-state index contributed by atoms with van der Waals surface area (Å²) >= 11 is 0. The molecule has 0 aromatic carbocycles. The third-order valence-electron chi connectivity index (χ3n) is 1.83. The average molecular weight is 179 g/mol. The fourth-order valence-electron chi connectivity index (χ4n) is 0.870. The Morgan fingerprint density at radius 3 is 3.00 bits per heavy atom. The normalized spacial score (nSPS) is 18.0. The molecule has 1 aliphatic rings. The summed E-state index contributed by atoms with van der Waals surface area (Å²) in [6.07, 6.45) is 1.68. The van der Waals surface area contributed by atoms with Crippen molar-refractivity contribution in [2.75, 3.05) is 13.2 Å². The number of nitrogens with one attached hydrogen (secondary N) is 1. The lowest BCUT2D eigenvalue weighted by molar-refractivity contribution is 0.144. The van der Waals surface area contributed by atoms with Crippen molar-refractivity contribution in [1.29, 1.82) is 0 Å². The number of amides is 1. The molecular weight excluding hydrogens is 166 g/mol. The van der Waals surface area contributed by atoms with Crippen molar-refractivity contribution in [3.8, 4) is 11.8 Å². The van der Waals surface area contributed by atoms with Gasteiger partial charge in [-0.3, -0.25) is 0 Å². The van der Waals surface area contributed by atoms with E-state index in [1.807, 2.05) is 6.92 Å². The van der Waals surface area contributed by atoms with E-state index in [4.69, 9.17) is 4.74 Å². The van der Waals surface area contributed by atoms with E-state index in [2.05, 4.69) is 23.2 Å². The Morgan fingerprint density at radius 2 is 2.46 bits per heavy atom. The number of alkyl carbamates (subject to hydrolysis) is 1. The number of carbonyl (C=O) groups is 1. The van der Waals surface area contributed by atoms with Gasteiger partial charge in [0.2, 0.25) is 0 Å². The second-order valence-electron chi connectivity index (χ2n) is 2.90. The lowest BCUT2D eigenvalue weighted by Crippen LogP contribution is -2.25. The molecule has 70 valence electrons. The summed E-state index contributed by atoms with van der Waals surface area (Å²) in [7, 11) is 0. The van der Waals surface area contributed by atoms with E-state index in [9.17, 15) is 4.79 Å². The minimum absolute atomic E-state index is 0.354. The van der Waals surface area contributed by atoms with Crippen molar-refractivity contribution in [2.24, 2.45) is 5.92 Å². The van der Waals surface area contributed by atoms with Crippen LogP contribution in [-0.4, -0.2) is 19.2 Å². The average Bonchev–Trinajstić information content (AvgIpc) is 2.79. The predicted octanol–water partition coefficient (Wildman–Crippen LogP) is 1.31. The number of carbonyl (C=O) groups excluding carboxylic acids is 1. The van der Waals surface area contributed by atoms with Crippen molar-refractivity contribution < 1.29 is 9.53 Å². The van der Waals surface area contributed by atoms with E-state index < -0.39 is 6.09 Å². The van der Waals surface area contributed by atoms with Crippen LogP contribution in [0.25, 0.3) is 0 Å². The Labute approximate surface area is 78.2 Å². The molecule has 1 unspecified atom stereocenters. The third-order valence-corrected chi connectivity index (χ3v) is 1.83. The molecule has 0 saturated heterocycles. The second-order valence-corrected chi connectivity index (χ2v) is 2.90. The monoisotopic (exact) mass is 179 g/mol. The molecule has 0 aliphatic heterocycles. The molecular formula is C10H13NO2. The first-order chi connectivity index (χ1) is 6.24. The molecule has 0 aromatic rings. The van der Waals surface area contributed by atoms with Crippen LogP contribution in [0.2, 0.25) is 0 Å². The van der Waals surface area contributed by atoms with Gasteiger partial charge in [0.15, 0.2) is 0 Å². The molecule has 0 radical (unpaired) electrons. The number of ether oxygens (including phenoxy) is 1. The molecule has 0 fully saturated rings. The first-order valence-electron chi connectivity index (χ1n) is 4.22. The maximum atomic E-state index is 10.9. The van der Waals surface area contributed by atoms with Crippen LogP contribution in [0.4, 0.5) is 4.79 Å². The summed E-state index contributed by atoms with van der Waals surface area (Å²) in [5, 5.41) is 2.52. The SMILES string of the molecule is CC#CCNC(=O)OCC1C=C1C. The first kappa shape index (κ1) is 9.66. The zero-order valence-electron chi connectivity index (χ0n) is 7.89. The van der Waals surface area contributed by atoms with E-state index in [1.54, 1.807) is 6.92 Å². The van der Waals surface area contributed by atoms with Crippen molar-refractivity contribution in [3.05, 3.63) is 11.6 Å². The highest BCUT2D eigenvalue weighted by Crippen LogP contribution is 2.27. The summed E-state index contributed by atoms with van der Waals surface area (Å²) < 4.78 is 4.91.